The lowest BCUT2D eigenvalue weighted by molar-refractivity contribution is -0.383. The molecule has 0 aromatic heterocycles. The second-order valence-electron chi connectivity index (χ2n) is 8.75. The Hall–Kier alpha value is -1.72. The highest BCUT2D eigenvalue weighted by Crippen LogP contribution is 2.35. The van der Waals surface area contributed by atoms with Gasteiger partial charge in [-0.25, -0.2) is 9.59 Å². The summed E-state index contributed by atoms with van der Waals surface area (Å²) in [6.07, 6.45) is -19.1. The van der Waals surface area contributed by atoms with E-state index < -0.39 is 118 Å². The largest absolute Gasteiger partial charge is 0.459 e. The van der Waals surface area contributed by atoms with E-state index in [0.717, 1.165) is 5.94 Å². The van der Waals surface area contributed by atoms with Crippen LogP contribution in [-0.4, -0.2) is 191 Å². The second kappa shape index (κ2) is 16.7. The molecule has 13 atom stereocenters. The highest BCUT2D eigenvalue weighted by molar-refractivity contribution is 5.89. The maximum atomic E-state index is 10.6. The number of hydrogen-bond donors (Lipinski definition) is 13. The van der Waals surface area contributed by atoms with Gasteiger partial charge < -0.3 is 85.3 Å². The number of hydrogen-bond acceptors (Lipinski definition) is 19. The van der Waals surface area contributed by atoms with Crippen molar-refractivity contribution in [2.24, 2.45) is 0 Å². The van der Waals surface area contributed by atoms with E-state index in [1.54, 1.807) is 0 Å². The maximum absolute atomic E-state index is 10.6. The highest BCUT2D eigenvalue weighted by atomic mass is 16.8. The molecule has 19 nitrogen and oxygen atoms in total. The van der Waals surface area contributed by atoms with Crippen LogP contribution in [0.2, 0.25) is 0 Å². The molecule has 13 N–H and O–H groups in total. The number of ether oxygens (including phenoxy) is 4. The van der Waals surface area contributed by atoms with Gasteiger partial charge in [-0.15, -0.1) is 0 Å². The predicted octanol–water partition coefficient (Wildman–Crippen LogP) is -9.04. The van der Waals surface area contributed by atoms with Crippen LogP contribution >= 0.6 is 0 Å². The molecule has 0 radical (unpaired) electrons. The summed E-state index contributed by atoms with van der Waals surface area (Å²) in [7, 11) is 0. The van der Waals surface area contributed by atoms with Gasteiger partial charge in [-0.2, -0.15) is 0 Å². The molecule has 2 aliphatic rings. The first-order chi connectivity index (χ1) is 18.7. The number of carbonyl (C=O) groups is 1. The van der Waals surface area contributed by atoms with Gasteiger partial charge in [0.1, 0.15) is 92.4 Å². The first-order valence-corrected chi connectivity index (χ1v) is 11.7. The van der Waals surface area contributed by atoms with Crippen LogP contribution in [0, 0.1) is 0 Å². The topological polar surface area (TPSA) is 334 Å². The van der Waals surface area contributed by atoms with Gasteiger partial charge in [0.2, 0.25) is 5.79 Å². The van der Waals surface area contributed by atoms with E-state index in [4.69, 9.17) is 34.6 Å². The molecular weight excluding hydrogens is 556 g/mol. The van der Waals surface area contributed by atoms with Crippen LogP contribution < -0.4 is 0 Å². The van der Waals surface area contributed by atoms with Crippen molar-refractivity contribution in [3.63, 3.8) is 0 Å². The van der Waals surface area contributed by atoms with Crippen LogP contribution in [0.25, 0.3) is 0 Å². The summed E-state index contributed by atoms with van der Waals surface area (Å²) in [6.45, 7) is -3.82. The van der Waals surface area contributed by atoms with E-state index in [0.29, 0.717) is 6.08 Å². The zero-order chi connectivity index (χ0) is 30.8. The Balaban J connectivity index is 0.000000421. The number of aliphatic hydroxyl groups excluding tert-OH is 13. The Morgan fingerprint density at radius 2 is 1.43 bits per heavy atom. The van der Waals surface area contributed by atoms with Gasteiger partial charge >= 0.3 is 5.97 Å². The molecule has 2 fully saturated rings. The number of rotatable bonds is 12. The summed E-state index contributed by atoms with van der Waals surface area (Å²) in [5, 5.41) is 122. The summed E-state index contributed by atoms with van der Waals surface area (Å²) in [5.41, 5.74) is 0. The normalized spacial score (nSPS) is 36.8. The van der Waals surface area contributed by atoms with Gasteiger partial charge in [0, 0.05) is 0 Å². The molecule has 2 saturated heterocycles. The molecule has 0 bridgehead atoms. The van der Waals surface area contributed by atoms with E-state index in [-0.39, 0.29) is 0 Å². The van der Waals surface area contributed by atoms with E-state index in [1.807, 2.05) is 0 Å². The van der Waals surface area contributed by atoms with Crippen molar-refractivity contribution >= 4 is 11.9 Å². The summed E-state index contributed by atoms with van der Waals surface area (Å²) < 4.78 is 19.8. The van der Waals surface area contributed by atoms with E-state index in [1.165, 1.54) is 0 Å². The molecule has 2 heterocycles. The van der Waals surface area contributed by atoms with Crippen LogP contribution in [0.3, 0.4) is 0 Å². The quantitative estimate of drug-likeness (QED) is 0.0568. The van der Waals surface area contributed by atoms with Crippen molar-refractivity contribution in [1.82, 2.24) is 0 Å². The first-order valence-electron chi connectivity index (χ1n) is 11.7. The van der Waals surface area contributed by atoms with Crippen LogP contribution in [-0.2, 0) is 28.5 Å². The van der Waals surface area contributed by atoms with Gasteiger partial charge in [0.05, 0.1) is 19.8 Å². The van der Waals surface area contributed by atoms with Gasteiger partial charge in [-0.1, -0.05) is 0 Å². The van der Waals surface area contributed by atoms with Crippen molar-refractivity contribution in [2.45, 2.75) is 79.2 Å². The van der Waals surface area contributed by atoms with Gasteiger partial charge in [-0.05, 0) is 0 Å². The van der Waals surface area contributed by atoms with Crippen LogP contribution in [0.5, 0.6) is 0 Å². The Morgan fingerprint density at radius 3 is 1.90 bits per heavy atom. The standard InChI is InChI=1S/C12H22O11.C9H14O8/c13-1-4-6(16)8(18)9(19)11(21-4)23-12(3-15)10(20)7(17)5(2-14)22-12;10-2-1-7(14)17-4-6(13)9(16)8(15)5(12)3-11/h4-11,13-20H,1-3H2;1,5-6,8-9,11-13,15-16H,3-4H2/t4-,5-,6-,7-,8+,9-,10+,11-,12+;5-,6+,8-,9-/m11/s1. The molecule has 0 unspecified atom stereocenters. The minimum absolute atomic E-state index is 0.443. The Labute approximate surface area is 225 Å². The molecule has 2 rings (SSSR count). The average Bonchev–Trinajstić information content (AvgIpc) is 3.20. The lowest BCUT2D eigenvalue weighted by atomic mass is 9.99. The second-order valence-corrected chi connectivity index (χ2v) is 8.75. The molecule has 0 aromatic rings. The minimum Gasteiger partial charge on any atom is -0.459 e. The molecule has 19 heteroatoms. The van der Waals surface area contributed by atoms with Crippen molar-refractivity contribution in [1.29, 1.82) is 0 Å². The van der Waals surface area contributed by atoms with Crippen molar-refractivity contribution in [2.75, 3.05) is 33.0 Å². The lowest BCUT2D eigenvalue weighted by Gasteiger charge is -2.43. The molecule has 234 valence electrons. The maximum Gasteiger partial charge on any atom is 0.342 e. The average molecular weight is 593 g/mol. The van der Waals surface area contributed by atoms with Crippen molar-refractivity contribution < 1.29 is 94.9 Å². The minimum atomic E-state index is -2.22. The fourth-order valence-corrected chi connectivity index (χ4v) is 3.55. The highest BCUT2D eigenvalue weighted by Gasteiger charge is 2.58. The van der Waals surface area contributed by atoms with Crippen LogP contribution in [0.4, 0.5) is 0 Å². The summed E-state index contributed by atoms with van der Waals surface area (Å²) in [4.78, 5) is 20.4. The Morgan fingerprint density at radius 1 is 0.850 bits per heavy atom. The lowest BCUT2D eigenvalue weighted by Crippen LogP contribution is -2.62. The molecule has 0 amide bonds. The van der Waals surface area contributed by atoms with Gasteiger partial charge in [0.15, 0.2) is 6.29 Å². The molecule has 2 aliphatic heterocycles. The van der Waals surface area contributed by atoms with Gasteiger partial charge in [0.25, 0.3) is 0 Å². The molecular formula is C21H36O19. The summed E-state index contributed by atoms with van der Waals surface area (Å²) >= 11 is 0. The number of esters is 1. The fraction of sp³-hybridized carbons (Fsp3) is 0.857. The van der Waals surface area contributed by atoms with E-state index in [9.17, 15) is 55.5 Å². The van der Waals surface area contributed by atoms with E-state index >= 15 is 0 Å². The van der Waals surface area contributed by atoms with Crippen molar-refractivity contribution in [3.8, 4) is 0 Å². The molecule has 40 heavy (non-hydrogen) atoms. The predicted molar refractivity (Wildman–Crippen MR) is 121 cm³/mol. The SMILES string of the molecule is O=C=CC(=O)OC[C@H](O)[C@@H](O)[C@H](O)[C@H](O)CO.OC[C@H]1O[C@@](CO)(O[C@H]2O[C@H](CO)[C@@H](O)[C@H](O)[C@H]2O)[C@@H](O)[C@@H]1O. The molecule has 0 aromatic carbocycles. The number of aliphatic hydroxyl groups is 13. The van der Waals surface area contributed by atoms with Crippen molar-refractivity contribution in [3.05, 3.63) is 6.08 Å². The molecule has 0 spiro atoms. The van der Waals surface area contributed by atoms with E-state index in [2.05, 4.69) is 4.74 Å². The number of carbonyl (C=O) groups excluding carboxylic acids is 2. The zero-order valence-electron chi connectivity index (χ0n) is 20.8. The smallest absolute Gasteiger partial charge is 0.342 e. The molecule has 0 saturated carbocycles. The van der Waals surface area contributed by atoms with Crippen LogP contribution in [0.15, 0.2) is 6.08 Å². The fourth-order valence-electron chi connectivity index (χ4n) is 3.55. The third kappa shape index (κ3) is 8.89. The third-order valence-corrected chi connectivity index (χ3v) is 5.97. The third-order valence-electron chi connectivity index (χ3n) is 5.97. The molecule has 0 aliphatic carbocycles. The summed E-state index contributed by atoms with van der Waals surface area (Å²) in [6, 6.07) is 0. The summed E-state index contributed by atoms with van der Waals surface area (Å²) in [5.74, 6) is -2.13. The zero-order valence-corrected chi connectivity index (χ0v) is 20.8. The Bertz CT molecular complexity index is 807. The van der Waals surface area contributed by atoms with Gasteiger partial charge in [-0.3, -0.25) is 0 Å². The monoisotopic (exact) mass is 592 g/mol. The Kier molecular flexibility index (Phi) is 15.1. The first kappa shape index (κ1) is 36.3. The van der Waals surface area contributed by atoms with Crippen LogP contribution in [0.1, 0.15) is 0 Å².